The van der Waals surface area contributed by atoms with Gasteiger partial charge in [0.05, 0.1) is 5.69 Å². The first kappa shape index (κ1) is 18.7. The van der Waals surface area contributed by atoms with E-state index < -0.39 is 5.97 Å². The largest absolute Gasteiger partial charge is 0.481 e. The molecule has 0 saturated carbocycles. The lowest BCUT2D eigenvalue weighted by Crippen LogP contribution is -2.25. The van der Waals surface area contributed by atoms with Crippen LogP contribution in [0.4, 0.5) is 0 Å². The second kappa shape index (κ2) is 9.01. The molecule has 1 aromatic heterocycles. The molecule has 6 nitrogen and oxygen atoms in total. The maximum Gasteiger partial charge on any atom is 0.303 e. The van der Waals surface area contributed by atoms with E-state index in [1.54, 1.807) is 10.7 Å². The second-order valence-corrected chi connectivity index (χ2v) is 6.23. The molecule has 1 amide bonds. The van der Waals surface area contributed by atoms with Crippen LogP contribution in [0.1, 0.15) is 53.8 Å². The maximum atomic E-state index is 12.2. The number of carbonyl (C=O) groups is 2. The smallest absolute Gasteiger partial charge is 0.303 e. The highest BCUT2D eigenvalue weighted by atomic mass is 16.4. The molecule has 0 aliphatic heterocycles. The van der Waals surface area contributed by atoms with Gasteiger partial charge < -0.3 is 10.4 Å². The Morgan fingerprint density at radius 1 is 1.08 bits per heavy atom. The first-order valence-electron chi connectivity index (χ1n) is 8.61. The molecule has 134 valence electrons. The van der Waals surface area contributed by atoms with Gasteiger partial charge in [0.2, 0.25) is 0 Å². The standard InChI is InChI=1S/C19H25N3O3/c1-14-8-10-16(11-9-14)22-15(2)13-17(21-22)19(25)20-12-6-4-3-5-7-18(23)24/h8-11,13H,3-7,12H2,1-2H3,(H,20,25)(H,23,24). The van der Waals surface area contributed by atoms with E-state index in [0.717, 1.165) is 30.6 Å². The van der Waals surface area contributed by atoms with Crippen LogP contribution in [0, 0.1) is 13.8 Å². The minimum Gasteiger partial charge on any atom is -0.481 e. The molecule has 0 aliphatic rings. The van der Waals surface area contributed by atoms with Gasteiger partial charge in [0.1, 0.15) is 0 Å². The average Bonchev–Trinajstić information content (AvgIpc) is 2.96. The van der Waals surface area contributed by atoms with Crippen LogP contribution in [-0.4, -0.2) is 33.3 Å². The number of hydrogen-bond acceptors (Lipinski definition) is 3. The molecule has 0 unspecified atom stereocenters. The Bertz CT molecular complexity index is 720. The minimum atomic E-state index is -0.757. The van der Waals surface area contributed by atoms with Crippen LogP contribution >= 0.6 is 0 Å². The van der Waals surface area contributed by atoms with Gasteiger partial charge in [-0.05, 0) is 44.9 Å². The van der Waals surface area contributed by atoms with E-state index >= 15 is 0 Å². The number of aliphatic carboxylic acids is 1. The van der Waals surface area contributed by atoms with Crippen LogP contribution in [0.2, 0.25) is 0 Å². The zero-order chi connectivity index (χ0) is 18.2. The van der Waals surface area contributed by atoms with Gasteiger partial charge in [0.15, 0.2) is 5.69 Å². The Balaban J connectivity index is 1.81. The molecule has 0 radical (unpaired) electrons. The number of benzene rings is 1. The Morgan fingerprint density at radius 3 is 2.44 bits per heavy atom. The maximum absolute atomic E-state index is 12.2. The highest BCUT2D eigenvalue weighted by Crippen LogP contribution is 2.13. The van der Waals surface area contributed by atoms with Gasteiger partial charge in [0.25, 0.3) is 5.91 Å². The lowest BCUT2D eigenvalue weighted by Gasteiger charge is -2.05. The summed E-state index contributed by atoms with van der Waals surface area (Å²) in [6.07, 6.45) is 3.50. The van der Waals surface area contributed by atoms with Crippen LogP contribution < -0.4 is 5.32 Å². The molecule has 0 aliphatic carbocycles. The number of hydrogen-bond donors (Lipinski definition) is 2. The molecule has 0 bridgehead atoms. The lowest BCUT2D eigenvalue weighted by molar-refractivity contribution is -0.137. The van der Waals surface area contributed by atoms with E-state index in [9.17, 15) is 9.59 Å². The van der Waals surface area contributed by atoms with E-state index in [0.29, 0.717) is 18.7 Å². The van der Waals surface area contributed by atoms with Crippen molar-refractivity contribution in [3.63, 3.8) is 0 Å². The first-order valence-corrected chi connectivity index (χ1v) is 8.61. The molecule has 0 spiro atoms. The molecule has 1 heterocycles. The van der Waals surface area contributed by atoms with Crippen LogP contribution in [0.25, 0.3) is 5.69 Å². The molecule has 0 saturated heterocycles. The van der Waals surface area contributed by atoms with Crippen LogP contribution in [0.3, 0.4) is 0 Å². The monoisotopic (exact) mass is 343 g/mol. The van der Waals surface area contributed by atoms with Crippen LogP contribution in [-0.2, 0) is 4.79 Å². The van der Waals surface area contributed by atoms with Crippen molar-refractivity contribution in [1.29, 1.82) is 0 Å². The SMILES string of the molecule is Cc1ccc(-n2nc(C(=O)NCCCCCCC(=O)O)cc2C)cc1. The number of carboxylic acid groups (broad SMARTS) is 1. The molecule has 0 fully saturated rings. The Morgan fingerprint density at radius 2 is 1.76 bits per heavy atom. The Hall–Kier alpha value is -2.63. The van der Waals surface area contributed by atoms with Crippen LogP contribution in [0.5, 0.6) is 0 Å². The number of aromatic nitrogens is 2. The minimum absolute atomic E-state index is 0.181. The molecule has 1 aromatic carbocycles. The molecule has 2 N–H and O–H groups in total. The van der Waals surface area contributed by atoms with E-state index in [1.165, 1.54) is 5.56 Å². The van der Waals surface area contributed by atoms with E-state index in [-0.39, 0.29) is 12.3 Å². The Labute approximate surface area is 147 Å². The van der Waals surface area contributed by atoms with Gasteiger partial charge >= 0.3 is 5.97 Å². The third-order valence-electron chi connectivity index (χ3n) is 4.00. The van der Waals surface area contributed by atoms with Gasteiger partial charge in [0, 0.05) is 18.7 Å². The number of nitrogens with one attached hydrogen (secondary N) is 1. The van der Waals surface area contributed by atoms with Crippen molar-refractivity contribution in [3.05, 3.63) is 47.3 Å². The fourth-order valence-corrected chi connectivity index (χ4v) is 2.58. The predicted molar refractivity (Wildman–Crippen MR) is 96.1 cm³/mol. The van der Waals surface area contributed by atoms with Crippen molar-refractivity contribution in [2.75, 3.05) is 6.54 Å². The molecular weight excluding hydrogens is 318 g/mol. The topological polar surface area (TPSA) is 84.2 Å². The number of unbranched alkanes of at least 4 members (excludes halogenated alkanes) is 3. The summed E-state index contributed by atoms with van der Waals surface area (Å²) in [6.45, 7) is 4.52. The van der Waals surface area contributed by atoms with Gasteiger partial charge in [-0.1, -0.05) is 30.5 Å². The zero-order valence-electron chi connectivity index (χ0n) is 14.8. The average molecular weight is 343 g/mol. The lowest BCUT2D eigenvalue weighted by atomic mass is 10.1. The van der Waals surface area contributed by atoms with Crippen molar-refractivity contribution in [3.8, 4) is 5.69 Å². The highest BCUT2D eigenvalue weighted by molar-refractivity contribution is 5.92. The number of rotatable bonds is 9. The molecule has 25 heavy (non-hydrogen) atoms. The number of carbonyl (C=O) groups excluding carboxylic acids is 1. The normalized spacial score (nSPS) is 10.6. The van der Waals surface area contributed by atoms with Gasteiger partial charge in [-0.2, -0.15) is 5.10 Å². The van der Waals surface area contributed by atoms with Crippen molar-refractivity contribution in [2.24, 2.45) is 0 Å². The van der Waals surface area contributed by atoms with E-state index in [1.807, 2.05) is 38.1 Å². The number of nitrogens with zero attached hydrogens (tertiary/aromatic N) is 2. The summed E-state index contributed by atoms with van der Waals surface area (Å²) in [6, 6.07) is 9.77. The summed E-state index contributed by atoms with van der Waals surface area (Å²) in [7, 11) is 0. The fourth-order valence-electron chi connectivity index (χ4n) is 2.58. The van der Waals surface area contributed by atoms with Crippen molar-refractivity contribution in [1.82, 2.24) is 15.1 Å². The molecular formula is C19H25N3O3. The number of amides is 1. The van der Waals surface area contributed by atoms with Crippen molar-refractivity contribution < 1.29 is 14.7 Å². The zero-order valence-corrected chi connectivity index (χ0v) is 14.8. The molecule has 2 rings (SSSR count). The predicted octanol–water partition coefficient (Wildman–Crippen LogP) is 3.25. The van der Waals surface area contributed by atoms with Crippen LogP contribution in [0.15, 0.2) is 30.3 Å². The summed E-state index contributed by atoms with van der Waals surface area (Å²) in [4.78, 5) is 22.6. The summed E-state index contributed by atoms with van der Waals surface area (Å²) in [5, 5.41) is 15.8. The summed E-state index contributed by atoms with van der Waals surface area (Å²) >= 11 is 0. The summed E-state index contributed by atoms with van der Waals surface area (Å²) in [5.41, 5.74) is 3.42. The fraction of sp³-hybridized carbons (Fsp3) is 0.421. The van der Waals surface area contributed by atoms with E-state index in [2.05, 4.69) is 10.4 Å². The molecule has 0 atom stereocenters. The second-order valence-electron chi connectivity index (χ2n) is 6.23. The van der Waals surface area contributed by atoms with Crippen molar-refractivity contribution in [2.45, 2.75) is 46.0 Å². The van der Waals surface area contributed by atoms with Gasteiger partial charge in [-0.25, -0.2) is 4.68 Å². The number of carboxylic acids is 1. The third-order valence-corrected chi connectivity index (χ3v) is 4.00. The summed E-state index contributed by atoms with van der Waals surface area (Å²) in [5.74, 6) is -0.938. The molecule has 6 heteroatoms. The third kappa shape index (κ3) is 5.74. The van der Waals surface area contributed by atoms with Crippen molar-refractivity contribution >= 4 is 11.9 Å². The first-order chi connectivity index (χ1) is 12.0. The Kier molecular flexibility index (Phi) is 6.74. The highest BCUT2D eigenvalue weighted by Gasteiger charge is 2.12. The molecule has 2 aromatic rings. The van der Waals surface area contributed by atoms with E-state index in [4.69, 9.17) is 5.11 Å². The number of aryl methyl sites for hydroxylation is 2. The van der Waals surface area contributed by atoms with Gasteiger partial charge in [-0.3, -0.25) is 9.59 Å². The van der Waals surface area contributed by atoms with Gasteiger partial charge in [-0.15, -0.1) is 0 Å². The quantitative estimate of drug-likeness (QED) is 0.685. The summed E-state index contributed by atoms with van der Waals surface area (Å²) < 4.78 is 1.76.